The van der Waals surface area contributed by atoms with Crippen LogP contribution >= 0.6 is 0 Å². The van der Waals surface area contributed by atoms with Crippen molar-refractivity contribution in [3.8, 4) is 17.0 Å². The van der Waals surface area contributed by atoms with Gasteiger partial charge in [-0.1, -0.05) is 25.3 Å². The Morgan fingerprint density at radius 2 is 1.73 bits per heavy atom. The highest BCUT2D eigenvalue weighted by Gasteiger charge is 2.29. The monoisotopic (exact) mass is 575 g/mol. The van der Waals surface area contributed by atoms with Crippen molar-refractivity contribution >= 4 is 21.9 Å². The van der Waals surface area contributed by atoms with Gasteiger partial charge >= 0.3 is 5.97 Å². The fourth-order valence-corrected chi connectivity index (χ4v) is 6.75. The minimum absolute atomic E-state index is 0.0507. The molecular formula is C30H45N3O6S. The third-order valence-electron chi connectivity index (χ3n) is 7.58. The summed E-state index contributed by atoms with van der Waals surface area (Å²) >= 11 is 0. The molecule has 1 amide bonds. The highest BCUT2D eigenvalue weighted by atomic mass is 32.2. The van der Waals surface area contributed by atoms with E-state index in [-0.39, 0.29) is 23.1 Å². The van der Waals surface area contributed by atoms with E-state index in [0.717, 1.165) is 36.3 Å². The van der Waals surface area contributed by atoms with E-state index >= 15 is 0 Å². The van der Waals surface area contributed by atoms with E-state index in [1.54, 1.807) is 52.8 Å². The summed E-state index contributed by atoms with van der Waals surface area (Å²) in [6.45, 7) is 11.5. The van der Waals surface area contributed by atoms with Crippen LogP contribution in [0.2, 0.25) is 0 Å². The molecule has 0 unspecified atom stereocenters. The summed E-state index contributed by atoms with van der Waals surface area (Å²) in [5, 5.41) is 12.3. The van der Waals surface area contributed by atoms with E-state index in [1.165, 1.54) is 26.4 Å². The van der Waals surface area contributed by atoms with Gasteiger partial charge in [-0.25, -0.2) is 13.1 Å². The quantitative estimate of drug-likeness (QED) is 0.331. The molecule has 1 fully saturated rings. The number of carbonyl (C=O) groups is 2. The highest BCUT2D eigenvalue weighted by Crippen LogP contribution is 2.35. The summed E-state index contributed by atoms with van der Waals surface area (Å²) in [4.78, 5) is 24.8. The Kier molecular flexibility index (Phi) is 9.78. The summed E-state index contributed by atoms with van der Waals surface area (Å²) in [5.41, 5.74) is 1.29. The van der Waals surface area contributed by atoms with Gasteiger partial charge in [0.2, 0.25) is 10.0 Å². The number of carboxylic acids is 1. The molecule has 0 spiro atoms. The number of carboxylic acid groups (broad SMARTS) is 1. The first-order valence-electron chi connectivity index (χ1n) is 14.0. The lowest BCUT2D eigenvalue weighted by Gasteiger charge is -2.24. The van der Waals surface area contributed by atoms with Gasteiger partial charge in [0.25, 0.3) is 5.91 Å². The van der Waals surface area contributed by atoms with Gasteiger partial charge in [0.15, 0.2) is 0 Å². The van der Waals surface area contributed by atoms with Crippen LogP contribution in [0.25, 0.3) is 11.3 Å². The Hall–Kier alpha value is -2.85. The van der Waals surface area contributed by atoms with Crippen molar-refractivity contribution in [3.63, 3.8) is 0 Å². The van der Waals surface area contributed by atoms with Gasteiger partial charge in [0.05, 0.1) is 18.1 Å². The number of amides is 1. The van der Waals surface area contributed by atoms with Crippen molar-refractivity contribution in [1.82, 2.24) is 14.6 Å². The molecule has 1 aliphatic rings. The molecule has 1 aromatic heterocycles. The van der Waals surface area contributed by atoms with Crippen molar-refractivity contribution in [1.29, 1.82) is 0 Å². The van der Waals surface area contributed by atoms with Crippen LogP contribution in [0.4, 0.5) is 0 Å². The van der Waals surface area contributed by atoms with Crippen molar-refractivity contribution in [2.45, 2.75) is 97.0 Å². The number of nitrogens with one attached hydrogen (secondary N) is 2. The molecule has 3 rings (SSSR count). The number of hydrogen-bond acceptors (Lipinski definition) is 5. The van der Waals surface area contributed by atoms with Crippen LogP contribution in [0.1, 0.15) is 89.2 Å². The molecule has 1 saturated carbocycles. The topological polar surface area (TPSA) is 127 Å². The first-order chi connectivity index (χ1) is 18.6. The Bertz CT molecular complexity index is 1330. The van der Waals surface area contributed by atoms with Crippen molar-refractivity contribution in [3.05, 3.63) is 35.5 Å². The first kappa shape index (κ1) is 31.7. The third kappa shape index (κ3) is 7.66. The molecule has 10 heteroatoms. The number of hydrogen-bond donors (Lipinski definition) is 3. The zero-order chi connectivity index (χ0) is 29.9. The van der Waals surface area contributed by atoms with Crippen molar-refractivity contribution < 1.29 is 27.9 Å². The predicted octanol–water partition coefficient (Wildman–Crippen LogP) is 5.36. The maximum absolute atomic E-state index is 13.3. The number of aliphatic carboxylic acids is 1. The smallest absolute Gasteiger partial charge is 0.309 e. The fourth-order valence-electron chi connectivity index (χ4n) is 5.18. The second kappa shape index (κ2) is 12.3. The van der Waals surface area contributed by atoms with Crippen molar-refractivity contribution in [2.75, 3.05) is 13.7 Å². The molecule has 1 aromatic carbocycles. The maximum Gasteiger partial charge on any atom is 0.309 e. The van der Waals surface area contributed by atoms with Crippen LogP contribution in [0.5, 0.6) is 5.75 Å². The van der Waals surface area contributed by atoms with Gasteiger partial charge in [-0.2, -0.15) is 0 Å². The third-order valence-corrected chi connectivity index (χ3v) is 9.38. The van der Waals surface area contributed by atoms with Gasteiger partial charge in [-0.05, 0) is 84.9 Å². The lowest BCUT2D eigenvalue weighted by molar-refractivity contribution is -0.147. The molecule has 3 N–H and O–H groups in total. The number of aromatic nitrogens is 1. The first-order valence-corrected chi connectivity index (χ1v) is 15.5. The van der Waals surface area contributed by atoms with E-state index in [0.29, 0.717) is 17.9 Å². The summed E-state index contributed by atoms with van der Waals surface area (Å²) in [5.74, 6) is -0.457. The summed E-state index contributed by atoms with van der Waals surface area (Å²) in [6.07, 6.45) is 6.18. The molecule has 40 heavy (non-hydrogen) atoms. The molecule has 222 valence electrons. The van der Waals surface area contributed by atoms with E-state index < -0.39 is 26.9 Å². The second-order valence-corrected chi connectivity index (χ2v) is 14.2. The summed E-state index contributed by atoms with van der Waals surface area (Å²) in [7, 11) is -2.38. The van der Waals surface area contributed by atoms with Crippen LogP contribution < -0.4 is 14.8 Å². The number of nitrogens with zero attached hydrogens (tertiary/aromatic N) is 1. The SMILES string of the molecule is COc1cc(-c2cc(C(=O)NCCC(C)(C)C(=O)O)c(C)n2CC2CCCCC2)ccc1S(=O)(=O)NC(C)(C)C. The summed E-state index contributed by atoms with van der Waals surface area (Å²) < 4.78 is 36.5. The molecule has 1 aliphatic carbocycles. The van der Waals surface area contributed by atoms with E-state index in [4.69, 9.17) is 4.74 Å². The highest BCUT2D eigenvalue weighted by molar-refractivity contribution is 7.89. The fraction of sp³-hybridized carbons (Fsp3) is 0.600. The van der Waals surface area contributed by atoms with Gasteiger partial charge in [0.1, 0.15) is 10.6 Å². The number of carbonyl (C=O) groups excluding carboxylic acids is 1. The molecule has 0 bridgehead atoms. The molecule has 0 radical (unpaired) electrons. The zero-order valence-electron chi connectivity index (χ0n) is 24.9. The lowest BCUT2D eigenvalue weighted by Crippen LogP contribution is -2.40. The van der Waals surface area contributed by atoms with Gasteiger partial charge < -0.3 is 19.7 Å². The average molecular weight is 576 g/mol. The van der Waals surface area contributed by atoms with Crippen molar-refractivity contribution in [2.24, 2.45) is 11.3 Å². The van der Waals surface area contributed by atoms with Gasteiger partial charge in [-0.3, -0.25) is 9.59 Å². The molecule has 2 aromatic rings. The average Bonchev–Trinajstić information content (AvgIpc) is 3.18. The van der Waals surface area contributed by atoms with Crippen LogP contribution in [0.3, 0.4) is 0 Å². The maximum atomic E-state index is 13.3. The molecule has 0 atom stereocenters. The minimum atomic E-state index is -3.83. The van der Waals surface area contributed by atoms with Crippen LogP contribution in [-0.2, 0) is 21.4 Å². The zero-order valence-corrected chi connectivity index (χ0v) is 25.7. The van der Waals surface area contributed by atoms with Crippen LogP contribution in [-0.4, -0.2) is 49.2 Å². The molecular weight excluding hydrogens is 530 g/mol. The number of ether oxygens (including phenoxy) is 1. The van der Waals surface area contributed by atoms with Gasteiger partial charge in [-0.15, -0.1) is 0 Å². The Morgan fingerprint density at radius 3 is 2.30 bits per heavy atom. The minimum Gasteiger partial charge on any atom is -0.495 e. The van der Waals surface area contributed by atoms with E-state index in [2.05, 4.69) is 14.6 Å². The number of benzene rings is 1. The van der Waals surface area contributed by atoms with E-state index in [1.807, 2.05) is 13.0 Å². The Labute approximate surface area is 238 Å². The molecule has 9 nitrogen and oxygen atoms in total. The number of methoxy groups -OCH3 is 1. The largest absolute Gasteiger partial charge is 0.495 e. The molecule has 0 saturated heterocycles. The Morgan fingerprint density at radius 1 is 1.07 bits per heavy atom. The normalized spacial score (nSPS) is 15.2. The summed E-state index contributed by atoms with van der Waals surface area (Å²) in [6, 6.07) is 6.85. The predicted molar refractivity (Wildman–Crippen MR) is 156 cm³/mol. The molecule has 0 aliphatic heterocycles. The van der Waals surface area contributed by atoms with Crippen LogP contribution in [0.15, 0.2) is 29.2 Å². The van der Waals surface area contributed by atoms with Gasteiger partial charge in [0, 0.05) is 35.6 Å². The molecule has 1 heterocycles. The lowest BCUT2D eigenvalue weighted by atomic mass is 9.89. The van der Waals surface area contributed by atoms with E-state index in [9.17, 15) is 23.1 Å². The second-order valence-electron chi connectivity index (χ2n) is 12.6. The standard InChI is InChI=1S/C30H45N3O6S/c1-20-23(27(34)31-16-15-30(5,6)28(35)36)18-24(33(20)19-21-11-9-8-10-12-21)22-13-14-26(25(17-22)39-7)40(37,38)32-29(2,3)4/h13-14,17-18,21,32H,8-12,15-16,19H2,1-7H3,(H,31,34)(H,35,36). The number of sulfonamides is 1. The van der Waals surface area contributed by atoms with Crippen LogP contribution in [0, 0.1) is 18.3 Å². The number of rotatable bonds is 11. The Balaban J connectivity index is 2.00.